The molecule has 0 heterocycles. The van der Waals surface area contributed by atoms with E-state index in [0.717, 1.165) is 11.1 Å². The van der Waals surface area contributed by atoms with Gasteiger partial charge in [0.1, 0.15) is 0 Å². The van der Waals surface area contributed by atoms with Gasteiger partial charge in [-0.25, -0.2) is 0 Å². The van der Waals surface area contributed by atoms with Gasteiger partial charge < -0.3 is 9.47 Å². The standard InChI is InChI=1S/C20H22N2O4/c1-3-25-17-10-6-7-11-18(17)26-14-20(24)22-21-19(23)13-12-16-9-5-4-8-15(16)2/h4-13H,3,14H2,1-2H3,(H,21,23)(H,22,24)/b13-12+. The maximum absolute atomic E-state index is 11.8. The van der Waals surface area contributed by atoms with Crippen molar-refractivity contribution in [2.75, 3.05) is 13.2 Å². The lowest BCUT2D eigenvalue weighted by atomic mass is 10.1. The first-order valence-corrected chi connectivity index (χ1v) is 8.27. The molecule has 0 bridgehead atoms. The molecule has 0 saturated heterocycles. The lowest BCUT2D eigenvalue weighted by molar-refractivity contribution is -0.128. The van der Waals surface area contributed by atoms with Crippen molar-refractivity contribution in [3.63, 3.8) is 0 Å². The van der Waals surface area contributed by atoms with E-state index in [-0.39, 0.29) is 6.61 Å². The minimum absolute atomic E-state index is 0.244. The third-order valence-electron chi connectivity index (χ3n) is 3.44. The normalized spacial score (nSPS) is 10.4. The fourth-order valence-electron chi connectivity index (χ4n) is 2.14. The molecule has 6 nitrogen and oxygen atoms in total. The summed E-state index contributed by atoms with van der Waals surface area (Å²) in [6.07, 6.45) is 3.04. The minimum atomic E-state index is -0.478. The van der Waals surface area contributed by atoms with E-state index in [1.165, 1.54) is 6.08 Å². The zero-order valence-electron chi connectivity index (χ0n) is 14.8. The zero-order chi connectivity index (χ0) is 18.8. The van der Waals surface area contributed by atoms with Crippen molar-refractivity contribution in [3.05, 3.63) is 65.7 Å². The Morgan fingerprint density at radius 3 is 2.31 bits per heavy atom. The van der Waals surface area contributed by atoms with Crippen molar-refractivity contribution in [2.24, 2.45) is 0 Å². The molecule has 2 amide bonds. The predicted molar refractivity (Wildman–Crippen MR) is 99.6 cm³/mol. The Hall–Kier alpha value is -3.28. The second-order valence-corrected chi connectivity index (χ2v) is 5.40. The average Bonchev–Trinajstić information content (AvgIpc) is 2.65. The molecule has 6 heteroatoms. The van der Waals surface area contributed by atoms with Crippen molar-refractivity contribution >= 4 is 17.9 Å². The molecule has 2 rings (SSSR count). The van der Waals surface area contributed by atoms with Crippen LogP contribution in [0.4, 0.5) is 0 Å². The van der Waals surface area contributed by atoms with Crippen LogP contribution in [0.2, 0.25) is 0 Å². The van der Waals surface area contributed by atoms with Crippen LogP contribution in [0.25, 0.3) is 6.08 Å². The molecule has 0 aromatic heterocycles. The fourth-order valence-corrected chi connectivity index (χ4v) is 2.14. The van der Waals surface area contributed by atoms with Crippen LogP contribution in [0.3, 0.4) is 0 Å². The fraction of sp³-hybridized carbons (Fsp3) is 0.200. The zero-order valence-corrected chi connectivity index (χ0v) is 14.8. The van der Waals surface area contributed by atoms with Crippen LogP contribution in [0.15, 0.2) is 54.6 Å². The third-order valence-corrected chi connectivity index (χ3v) is 3.44. The molecule has 0 saturated carbocycles. The van der Waals surface area contributed by atoms with Gasteiger partial charge in [-0.15, -0.1) is 0 Å². The number of carbonyl (C=O) groups excluding carboxylic acids is 2. The highest BCUT2D eigenvalue weighted by atomic mass is 16.5. The molecule has 0 atom stereocenters. The van der Waals surface area contributed by atoms with Crippen LogP contribution >= 0.6 is 0 Å². The first kappa shape index (κ1) is 19.1. The maximum Gasteiger partial charge on any atom is 0.276 e. The van der Waals surface area contributed by atoms with Gasteiger partial charge in [0.25, 0.3) is 11.8 Å². The van der Waals surface area contributed by atoms with Crippen LogP contribution in [-0.2, 0) is 9.59 Å². The molecule has 26 heavy (non-hydrogen) atoms. The van der Waals surface area contributed by atoms with E-state index < -0.39 is 11.8 Å². The summed E-state index contributed by atoms with van der Waals surface area (Å²) in [7, 11) is 0. The number of nitrogens with one attached hydrogen (secondary N) is 2. The molecule has 0 spiro atoms. The topological polar surface area (TPSA) is 76.7 Å². The van der Waals surface area contributed by atoms with Gasteiger partial charge >= 0.3 is 0 Å². The van der Waals surface area contributed by atoms with Crippen LogP contribution in [0, 0.1) is 6.92 Å². The summed E-state index contributed by atoms with van der Waals surface area (Å²) in [6, 6.07) is 14.8. The molecule has 0 radical (unpaired) electrons. The van der Waals surface area contributed by atoms with Gasteiger partial charge in [-0.1, -0.05) is 36.4 Å². The Bertz CT molecular complexity index is 787. The first-order valence-electron chi connectivity index (χ1n) is 8.27. The third kappa shape index (κ3) is 5.98. The molecule has 2 N–H and O–H groups in total. The number of carbonyl (C=O) groups is 2. The molecule has 0 unspecified atom stereocenters. The van der Waals surface area contributed by atoms with Gasteiger partial charge in [-0.2, -0.15) is 0 Å². The molecule has 2 aromatic carbocycles. The number of hydrogen-bond donors (Lipinski definition) is 2. The molecule has 0 fully saturated rings. The predicted octanol–water partition coefficient (Wildman–Crippen LogP) is 2.63. The smallest absolute Gasteiger partial charge is 0.276 e. The van der Waals surface area contributed by atoms with Crippen molar-refractivity contribution in [2.45, 2.75) is 13.8 Å². The Kier molecular flexibility index (Phi) is 7.24. The number of hydrogen-bond acceptors (Lipinski definition) is 4. The molecule has 136 valence electrons. The van der Waals surface area contributed by atoms with Gasteiger partial charge in [0.15, 0.2) is 18.1 Å². The van der Waals surface area contributed by atoms with Crippen LogP contribution in [0.5, 0.6) is 11.5 Å². The summed E-state index contributed by atoms with van der Waals surface area (Å²) in [6.45, 7) is 4.07. The van der Waals surface area contributed by atoms with Gasteiger partial charge in [0.2, 0.25) is 0 Å². The highest BCUT2D eigenvalue weighted by molar-refractivity contribution is 5.93. The largest absolute Gasteiger partial charge is 0.490 e. The van der Waals surface area contributed by atoms with E-state index in [1.807, 2.05) is 44.2 Å². The second kappa shape index (κ2) is 9.88. The van der Waals surface area contributed by atoms with Gasteiger partial charge in [-0.3, -0.25) is 20.4 Å². The van der Waals surface area contributed by atoms with E-state index in [2.05, 4.69) is 10.9 Å². The second-order valence-electron chi connectivity index (χ2n) is 5.40. The van der Waals surface area contributed by atoms with Crippen molar-refractivity contribution < 1.29 is 19.1 Å². The molecule has 0 aliphatic carbocycles. The number of rotatable bonds is 7. The number of para-hydroxylation sites is 2. The van der Waals surface area contributed by atoms with Crippen molar-refractivity contribution in [1.82, 2.24) is 10.9 Å². The number of ether oxygens (including phenoxy) is 2. The van der Waals surface area contributed by atoms with Crippen molar-refractivity contribution in [3.8, 4) is 11.5 Å². The maximum atomic E-state index is 11.8. The summed E-state index contributed by atoms with van der Waals surface area (Å²) >= 11 is 0. The van der Waals surface area contributed by atoms with Crippen LogP contribution < -0.4 is 20.3 Å². The Morgan fingerprint density at radius 2 is 1.62 bits per heavy atom. The minimum Gasteiger partial charge on any atom is -0.490 e. The summed E-state index contributed by atoms with van der Waals surface area (Å²) < 4.78 is 10.8. The average molecular weight is 354 g/mol. The molecule has 0 aliphatic rings. The van der Waals surface area contributed by atoms with Gasteiger partial charge in [0, 0.05) is 6.08 Å². The molecule has 0 aliphatic heterocycles. The number of aryl methyl sites for hydroxylation is 1. The van der Waals surface area contributed by atoms with E-state index in [0.29, 0.717) is 18.1 Å². The van der Waals surface area contributed by atoms with Crippen LogP contribution in [0.1, 0.15) is 18.1 Å². The van der Waals surface area contributed by atoms with Crippen LogP contribution in [-0.4, -0.2) is 25.0 Å². The number of amides is 2. The summed E-state index contributed by atoms with van der Waals surface area (Å²) in [5.41, 5.74) is 6.60. The lowest BCUT2D eigenvalue weighted by Gasteiger charge is -2.11. The van der Waals surface area contributed by atoms with E-state index >= 15 is 0 Å². The summed E-state index contributed by atoms with van der Waals surface area (Å²) in [5, 5.41) is 0. The van der Waals surface area contributed by atoms with Crippen molar-refractivity contribution in [1.29, 1.82) is 0 Å². The van der Waals surface area contributed by atoms with E-state index in [9.17, 15) is 9.59 Å². The Morgan fingerprint density at radius 1 is 0.962 bits per heavy atom. The Balaban J connectivity index is 1.78. The monoisotopic (exact) mass is 354 g/mol. The lowest BCUT2D eigenvalue weighted by Crippen LogP contribution is -2.43. The SMILES string of the molecule is CCOc1ccccc1OCC(=O)NNC(=O)/C=C/c1ccccc1C. The quantitative estimate of drug-likeness (QED) is 0.592. The highest BCUT2D eigenvalue weighted by Crippen LogP contribution is 2.26. The molecule has 2 aromatic rings. The summed E-state index contributed by atoms with van der Waals surface area (Å²) in [4.78, 5) is 23.6. The number of benzene rings is 2. The molecular weight excluding hydrogens is 332 g/mol. The summed E-state index contributed by atoms with van der Waals surface area (Å²) in [5.74, 6) is 0.119. The van der Waals surface area contributed by atoms with Gasteiger partial charge in [0.05, 0.1) is 6.61 Å². The van der Waals surface area contributed by atoms with E-state index in [1.54, 1.807) is 24.3 Å². The number of hydrazine groups is 1. The first-order chi connectivity index (χ1) is 12.6. The van der Waals surface area contributed by atoms with E-state index in [4.69, 9.17) is 9.47 Å². The van der Waals surface area contributed by atoms with Gasteiger partial charge in [-0.05, 0) is 43.2 Å². The molecular formula is C20H22N2O4. The highest BCUT2D eigenvalue weighted by Gasteiger charge is 2.07. The Labute approximate surface area is 152 Å².